The highest BCUT2D eigenvalue weighted by molar-refractivity contribution is 6.30. The van der Waals surface area contributed by atoms with Crippen LogP contribution in [0.4, 0.5) is 5.69 Å². The zero-order valence-electron chi connectivity index (χ0n) is 10.2. The van der Waals surface area contributed by atoms with Gasteiger partial charge in [-0.25, -0.2) is 0 Å². The highest BCUT2D eigenvalue weighted by Gasteiger charge is 2.24. The monoisotopic (exact) mass is 256 g/mol. The van der Waals surface area contributed by atoms with Crippen molar-refractivity contribution >= 4 is 17.3 Å². The molecule has 1 atom stereocenters. The van der Waals surface area contributed by atoms with Gasteiger partial charge in [0.05, 0.1) is 4.92 Å². The lowest BCUT2D eigenvalue weighted by molar-refractivity contribution is -0.385. The van der Waals surface area contributed by atoms with Crippen molar-refractivity contribution in [1.29, 1.82) is 0 Å². The molecule has 1 rings (SSSR count). The zero-order valence-corrected chi connectivity index (χ0v) is 11.0. The van der Waals surface area contributed by atoms with Crippen molar-refractivity contribution < 1.29 is 4.92 Å². The third-order valence-corrected chi connectivity index (χ3v) is 3.03. The summed E-state index contributed by atoms with van der Waals surface area (Å²) in [5.74, 6) is 0. The molecule has 94 valence electrons. The first kappa shape index (κ1) is 13.9. The van der Waals surface area contributed by atoms with E-state index < -0.39 is 4.92 Å². The highest BCUT2D eigenvalue weighted by atomic mass is 35.5. The van der Waals surface area contributed by atoms with E-state index in [2.05, 4.69) is 0 Å². The lowest BCUT2D eigenvalue weighted by atomic mass is 9.83. The molecule has 1 unspecified atom stereocenters. The highest BCUT2D eigenvalue weighted by Crippen LogP contribution is 2.27. The minimum atomic E-state index is -0.402. The second-order valence-corrected chi connectivity index (χ2v) is 5.64. The molecule has 2 N–H and O–H groups in total. The fourth-order valence-electron chi connectivity index (χ4n) is 1.44. The number of hydrogen-bond acceptors (Lipinski definition) is 3. The molecule has 0 fully saturated rings. The summed E-state index contributed by atoms with van der Waals surface area (Å²) >= 11 is 5.86. The van der Waals surface area contributed by atoms with E-state index in [1.165, 1.54) is 12.1 Å². The van der Waals surface area contributed by atoms with E-state index in [-0.39, 0.29) is 17.1 Å². The molecular weight excluding hydrogens is 240 g/mol. The molecule has 0 heterocycles. The standard InChI is InChI=1S/C12H17ClN2O2/c1-12(2,3)11(14)7-8-6-9(13)4-5-10(8)15(16)17/h4-6,11H,7,14H2,1-3H3. The molecule has 0 bridgehead atoms. The van der Waals surface area contributed by atoms with Gasteiger partial charge in [0.2, 0.25) is 0 Å². The molecule has 0 spiro atoms. The number of nitrogens with two attached hydrogens (primary N) is 1. The maximum Gasteiger partial charge on any atom is 0.272 e. The van der Waals surface area contributed by atoms with Crippen LogP contribution in [-0.4, -0.2) is 11.0 Å². The van der Waals surface area contributed by atoms with Crippen molar-refractivity contribution in [3.8, 4) is 0 Å². The zero-order chi connectivity index (χ0) is 13.2. The van der Waals surface area contributed by atoms with Gasteiger partial charge < -0.3 is 5.73 Å². The lowest BCUT2D eigenvalue weighted by Crippen LogP contribution is -2.37. The molecule has 1 aromatic carbocycles. The van der Waals surface area contributed by atoms with Gasteiger partial charge in [-0.1, -0.05) is 32.4 Å². The van der Waals surface area contributed by atoms with E-state index in [9.17, 15) is 10.1 Å². The van der Waals surface area contributed by atoms with E-state index in [1.54, 1.807) is 6.07 Å². The minimum absolute atomic E-state index is 0.0779. The third kappa shape index (κ3) is 3.68. The molecule has 0 aromatic heterocycles. The summed E-state index contributed by atoms with van der Waals surface area (Å²) in [6.07, 6.45) is 0.445. The summed E-state index contributed by atoms with van der Waals surface area (Å²) in [5, 5.41) is 11.4. The van der Waals surface area contributed by atoms with Crippen LogP contribution >= 0.6 is 11.6 Å². The number of nitro groups is 1. The second kappa shape index (κ2) is 5.02. The topological polar surface area (TPSA) is 69.2 Å². The molecule has 4 nitrogen and oxygen atoms in total. The summed E-state index contributed by atoms with van der Waals surface area (Å²) in [6.45, 7) is 6.02. The van der Waals surface area contributed by atoms with Gasteiger partial charge in [-0.3, -0.25) is 10.1 Å². The molecule has 0 radical (unpaired) electrons. The summed E-state index contributed by atoms with van der Waals surface area (Å²) in [7, 11) is 0. The average Bonchev–Trinajstić information content (AvgIpc) is 2.15. The van der Waals surface area contributed by atoms with Crippen LogP contribution < -0.4 is 5.73 Å². The van der Waals surface area contributed by atoms with Gasteiger partial charge in [-0.2, -0.15) is 0 Å². The Morgan fingerprint density at radius 1 is 1.47 bits per heavy atom. The normalized spacial score (nSPS) is 13.5. The average molecular weight is 257 g/mol. The van der Waals surface area contributed by atoms with Crippen molar-refractivity contribution in [2.24, 2.45) is 11.1 Å². The van der Waals surface area contributed by atoms with Crippen LogP contribution in [0.15, 0.2) is 18.2 Å². The second-order valence-electron chi connectivity index (χ2n) is 5.21. The molecule has 5 heteroatoms. The van der Waals surface area contributed by atoms with Crippen LogP contribution in [0.2, 0.25) is 5.02 Å². The number of rotatable bonds is 3. The van der Waals surface area contributed by atoms with Gasteiger partial charge in [-0.05, 0) is 24.0 Å². The van der Waals surface area contributed by atoms with Gasteiger partial charge in [0, 0.05) is 22.7 Å². The van der Waals surface area contributed by atoms with E-state index >= 15 is 0 Å². The van der Waals surface area contributed by atoms with E-state index in [1.807, 2.05) is 20.8 Å². The number of nitro benzene ring substituents is 1. The van der Waals surface area contributed by atoms with Gasteiger partial charge in [0.25, 0.3) is 5.69 Å². The molecule has 1 aromatic rings. The molecule has 0 aliphatic heterocycles. The Bertz CT molecular complexity index is 427. The van der Waals surface area contributed by atoms with Crippen molar-refractivity contribution in [2.75, 3.05) is 0 Å². The number of nitrogens with zero attached hydrogens (tertiary/aromatic N) is 1. The van der Waals surface area contributed by atoms with Crippen LogP contribution in [0.3, 0.4) is 0 Å². The molecule has 0 amide bonds. The van der Waals surface area contributed by atoms with Crippen LogP contribution in [0, 0.1) is 15.5 Å². The molecule has 0 aliphatic rings. The Hall–Kier alpha value is -1.13. The Morgan fingerprint density at radius 2 is 2.06 bits per heavy atom. The third-order valence-electron chi connectivity index (χ3n) is 2.79. The van der Waals surface area contributed by atoms with Gasteiger partial charge in [0.1, 0.15) is 0 Å². The van der Waals surface area contributed by atoms with Gasteiger partial charge >= 0.3 is 0 Å². The molecular formula is C12H17ClN2O2. The van der Waals surface area contributed by atoms with Crippen molar-refractivity contribution in [3.05, 3.63) is 38.9 Å². The van der Waals surface area contributed by atoms with E-state index in [0.717, 1.165) is 0 Å². The molecule has 0 saturated carbocycles. The SMILES string of the molecule is CC(C)(C)C(N)Cc1cc(Cl)ccc1[N+](=O)[O-]. The van der Waals surface area contributed by atoms with Crippen LogP contribution in [0.5, 0.6) is 0 Å². The largest absolute Gasteiger partial charge is 0.327 e. The fraction of sp³-hybridized carbons (Fsp3) is 0.500. The molecule has 0 aliphatic carbocycles. The Labute approximate surface area is 106 Å². The molecule has 17 heavy (non-hydrogen) atoms. The van der Waals surface area contributed by atoms with Gasteiger partial charge in [-0.15, -0.1) is 0 Å². The first-order chi connectivity index (χ1) is 7.71. The van der Waals surface area contributed by atoms with Crippen molar-refractivity contribution in [2.45, 2.75) is 33.2 Å². The van der Waals surface area contributed by atoms with Crippen LogP contribution in [0.25, 0.3) is 0 Å². The Kier molecular flexibility index (Phi) is 4.11. The fourth-order valence-corrected chi connectivity index (χ4v) is 1.63. The van der Waals surface area contributed by atoms with Crippen LogP contribution in [0.1, 0.15) is 26.3 Å². The summed E-state index contributed by atoms with van der Waals surface area (Å²) in [5.41, 5.74) is 6.60. The number of benzene rings is 1. The number of halogens is 1. The summed E-state index contributed by atoms with van der Waals surface area (Å²) < 4.78 is 0. The smallest absolute Gasteiger partial charge is 0.272 e. The maximum atomic E-state index is 10.9. The Balaban J connectivity index is 3.04. The summed E-state index contributed by atoms with van der Waals surface area (Å²) in [4.78, 5) is 10.5. The van der Waals surface area contributed by atoms with E-state index in [4.69, 9.17) is 17.3 Å². The number of hydrogen-bond donors (Lipinski definition) is 1. The van der Waals surface area contributed by atoms with Crippen LogP contribution in [-0.2, 0) is 6.42 Å². The Morgan fingerprint density at radius 3 is 2.53 bits per heavy atom. The summed E-state index contributed by atoms with van der Waals surface area (Å²) in [6, 6.07) is 4.41. The first-order valence-corrected chi connectivity index (χ1v) is 5.78. The maximum absolute atomic E-state index is 10.9. The first-order valence-electron chi connectivity index (χ1n) is 5.40. The predicted molar refractivity (Wildman–Crippen MR) is 69.2 cm³/mol. The predicted octanol–water partition coefficient (Wildman–Crippen LogP) is 3.16. The van der Waals surface area contributed by atoms with Gasteiger partial charge in [0.15, 0.2) is 0 Å². The van der Waals surface area contributed by atoms with E-state index in [0.29, 0.717) is 17.0 Å². The minimum Gasteiger partial charge on any atom is -0.327 e. The van der Waals surface area contributed by atoms with Crippen molar-refractivity contribution in [1.82, 2.24) is 0 Å². The quantitative estimate of drug-likeness (QED) is 0.667. The van der Waals surface area contributed by atoms with Crippen molar-refractivity contribution in [3.63, 3.8) is 0 Å². The lowest BCUT2D eigenvalue weighted by Gasteiger charge is -2.27. The molecule has 0 saturated heterocycles.